The number of carbonyl (C=O) groups excluding carboxylic acids is 1. The van der Waals surface area contributed by atoms with Gasteiger partial charge in [0, 0.05) is 13.1 Å². The summed E-state index contributed by atoms with van der Waals surface area (Å²) >= 11 is 0. The molecule has 5 nitrogen and oxygen atoms in total. The first-order valence-corrected chi connectivity index (χ1v) is 10.1. The Bertz CT molecular complexity index is 843. The van der Waals surface area contributed by atoms with Crippen molar-refractivity contribution in [2.75, 3.05) is 13.1 Å². The van der Waals surface area contributed by atoms with Crippen molar-refractivity contribution < 1.29 is 13.2 Å². The zero-order valence-electron chi connectivity index (χ0n) is 15.2. The van der Waals surface area contributed by atoms with Gasteiger partial charge in [0.1, 0.15) is 6.04 Å². The Hall–Kier alpha value is -1.92. The van der Waals surface area contributed by atoms with Crippen LogP contribution in [0.15, 0.2) is 47.4 Å². The predicted octanol–water partition coefficient (Wildman–Crippen LogP) is 3.01. The van der Waals surface area contributed by atoms with Crippen LogP contribution in [0.2, 0.25) is 0 Å². The molecular weight excluding hydrogens is 336 g/mol. The summed E-state index contributed by atoms with van der Waals surface area (Å²) in [5.41, 5.74) is 0. The van der Waals surface area contributed by atoms with E-state index in [0.29, 0.717) is 13.1 Å². The summed E-state index contributed by atoms with van der Waals surface area (Å²) in [6, 6.07) is 11.8. The van der Waals surface area contributed by atoms with Gasteiger partial charge in [-0.1, -0.05) is 44.2 Å². The first kappa shape index (κ1) is 19.4. The fourth-order valence-corrected chi connectivity index (χ4v) is 4.15. The Balaban J connectivity index is 2.34. The smallest absolute Gasteiger partial charge is 0.241 e. The zero-order valence-corrected chi connectivity index (χ0v) is 16.0. The number of amides is 1. The second-order valence-electron chi connectivity index (χ2n) is 6.36. The first-order chi connectivity index (χ1) is 11.8. The normalized spacial score (nSPS) is 13.2. The molecule has 1 atom stereocenters. The van der Waals surface area contributed by atoms with Crippen molar-refractivity contribution in [3.63, 3.8) is 0 Å². The van der Waals surface area contributed by atoms with Crippen LogP contribution >= 0.6 is 0 Å². The third kappa shape index (κ3) is 4.38. The highest BCUT2D eigenvalue weighted by molar-refractivity contribution is 7.89. The van der Waals surface area contributed by atoms with Crippen LogP contribution in [0.3, 0.4) is 0 Å². The van der Waals surface area contributed by atoms with E-state index in [1.165, 1.54) is 0 Å². The maximum Gasteiger partial charge on any atom is 0.241 e. The first-order valence-electron chi connectivity index (χ1n) is 8.60. The maximum atomic E-state index is 12.8. The third-order valence-electron chi connectivity index (χ3n) is 4.32. The molecule has 0 saturated heterocycles. The van der Waals surface area contributed by atoms with Crippen molar-refractivity contribution in [3.8, 4) is 0 Å². The average molecular weight is 362 g/mol. The number of benzene rings is 2. The van der Waals surface area contributed by atoms with E-state index in [-0.39, 0.29) is 16.7 Å². The van der Waals surface area contributed by atoms with Crippen LogP contribution in [0.1, 0.15) is 27.7 Å². The highest BCUT2D eigenvalue weighted by atomic mass is 32.2. The Labute approximate surface area is 150 Å². The van der Waals surface area contributed by atoms with Crippen molar-refractivity contribution in [1.82, 2.24) is 9.62 Å². The lowest BCUT2D eigenvalue weighted by Crippen LogP contribution is -2.51. The van der Waals surface area contributed by atoms with E-state index in [4.69, 9.17) is 0 Å². The molecule has 0 unspecified atom stereocenters. The minimum Gasteiger partial charge on any atom is -0.342 e. The Morgan fingerprint density at radius 3 is 2.20 bits per heavy atom. The van der Waals surface area contributed by atoms with Gasteiger partial charge in [-0.3, -0.25) is 4.79 Å². The topological polar surface area (TPSA) is 66.5 Å². The molecule has 0 aliphatic heterocycles. The molecule has 0 radical (unpaired) electrons. The molecule has 0 aromatic heterocycles. The van der Waals surface area contributed by atoms with Crippen LogP contribution in [-0.4, -0.2) is 38.4 Å². The van der Waals surface area contributed by atoms with E-state index in [9.17, 15) is 13.2 Å². The van der Waals surface area contributed by atoms with Crippen LogP contribution < -0.4 is 4.72 Å². The number of rotatable bonds is 7. The zero-order chi connectivity index (χ0) is 18.6. The minimum atomic E-state index is -3.79. The molecule has 0 bridgehead atoms. The van der Waals surface area contributed by atoms with Crippen molar-refractivity contribution in [3.05, 3.63) is 42.5 Å². The predicted molar refractivity (Wildman–Crippen MR) is 101 cm³/mol. The number of likely N-dealkylation sites (N-methyl/N-ethyl adjacent to an activating group) is 1. The molecule has 0 fully saturated rings. The highest BCUT2D eigenvalue weighted by Crippen LogP contribution is 2.20. The van der Waals surface area contributed by atoms with Gasteiger partial charge in [0.15, 0.2) is 0 Å². The van der Waals surface area contributed by atoms with Crippen molar-refractivity contribution >= 4 is 26.7 Å². The molecule has 0 heterocycles. The van der Waals surface area contributed by atoms with E-state index in [0.717, 1.165) is 10.8 Å². The molecule has 2 aromatic rings. The molecule has 6 heteroatoms. The van der Waals surface area contributed by atoms with Crippen LogP contribution in [-0.2, 0) is 14.8 Å². The monoisotopic (exact) mass is 362 g/mol. The summed E-state index contributed by atoms with van der Waals surface area (Å²) in [6.45, 7) is 8.56. The lowest BCUT2D eigenvalue weighted by Gasteiger charge is -2.28. The van der Waals surface area contributed by atoms with E-state index >= 15 is 0 Å². The molecular formula is C19H26N2O3S. The molecule has 0 saturated carbocycles. The largest absolute Gasteiger partial charge is 0.342 e. The Morgan fingerprint density at radius 2 is 1.64 bits per heavy atom. The van der Waals surface area contributed by atoms with Crippen LogP contribution in [0.25, 0.3) is 10.8 Å². The summed E-state index contributed by atoms with van der Waals surface area (Å²) in [7, 11) is -3.79. The van der Waals surface area contributed by atoms with Crippen molar-refractivity contribution in [2.24, 2.45) is 5.92 Å². The van der Waals surface area contributed by atoms with Gasteiger partial charge in [-0.05, 0) is 42.7 Å². The van der Waals surface area contributed by atoms with Gasteiger partial charge in [0.2, 0.25) is 15.9 Å². The van der Waals surface area contributed by atoms with Gasteiger partial charge in [-0.2, -0.15) is 4.72 Å². The van der Waals surface area contributed by atoms with Gasteiger partial charge in [0.05, 0.1) is 4.90 Å². The Kier molecular flexibility index (Phi) is 6.19. The number of nitrogens with one attached hydrogen (secondary N) is 1. The van der Waals surface area contributed by atoms with Gasteiger partial charge in [-0.25, -0.2) is 8.42 Å². The second-order valence-corrected chi connectivity index (χ2v) is 8.08. The van der Waals surface area contributed by atoms with E-state index in [1.54, 1.807) is 23.1 Å². The SMILES string of the molecule is CCN(CC)C(=O)[C@H](NS(=O)(=O)c1ccc2ccccc2c1)C(C)C. The van der Waals surface area contributed by atoms with Crippen molar-refractivity contribution in [2.45, 2.75) is 38.6 Å². The van der Waals surface area contributed by atoms with E-state index in [1.807, 2.05) is 52.0 Å². The van der Waals surface area contributed by atoms with Gasteiger partial charge in [0.25, 0.3) is 0 Å². The van der Waals surface area contributed by atoms with Crippen LogP contribution in [0, 0.1) is 5.92 Å². The molecule has 136 valence electrons. The third-order valence-corrected chi connectivity index (χ3v) is 5.76. The molecule has 1 N–H and O–H groups in total. The standard InChI is InChI=1S/C19H26N2O3S/c1-5-21(6-2)19(22)18(14(3)4)20-25(23,24)17-12-11-15-9-7-8-10-16(15)13-17/h7-14,18,20H,5-6H2,1-4H3/t18-/m1/s1. The lowest BCUT2D eigenvalue weighted by atomic mass is 10.0. The fraction of sp³-hybridized carbons (Fsp3) is 0.421. The molecule has 1 amide bonds. The maximum absolute atomic E-state index is 12.8. The molecule has 2 rings (SSSR count). The fourth-order valence-electron chi connectivity index (χ4n) is 2.77. The summed E-state index contributed by atoms with van der Waals surface area (Å²) in [6.07, 6.45) is 0. The number of fused-ring (bicyclic) bond motifs is 1. The summed E-state index contributed by atoms with van der Waals surface area (Å²) in [5, 5.41) is 1.82. The van der Waals surface area contributed by atoms with Crippen molar-refractivity contribution in [1.29, 1.82) is 0 Å². The number of hydrogen-bond donors (Lipinski definition) is 1. The average Bonchev–Trinajstić information content (AvgIpc) is 2.60. The molecule has 25 heavy (non-hydrogen) atoms. The van der Waals surface area contributed by atoms with E-state index in [2.05, 4.69) is 4.72 Å². The molecule has 0 aliphatic rings. The number of hydrogen-bond acceptors (Lipinski definition) is 3. The second kappa shape index (κ2) is 7.97. The Morgan fingerprint density at radius 1 is 1.04 bits per heavy atom. The number of carbonyl (C=O) groups is 1. The summed E-state index contributed by atoms with van der Waals surface area (Å²) in [4.78, 5) is 14.5. The molecule has 0 spiro atoms. The van der Waals surface area contributed by atoms with Gasteiger partial charge in [-0.15, -0.1) is 0 Å². The van der Waals surface area contributed by atoms with Crippen LogP contribution in [0.4, 0.5) is 0 Å². The summed E-state index contributed by atoms with van der Waals surface area (Å²) < 4.78 is 28.2. The van der Waals surface area contributed by atoms with E-state index < -0.39 is 16.1 Å². The highest BCUT2D eigenvalue weighted by Gasteiger charge is 2.30. The molecule has 2 aromatic carbocycles. The number of nitrogens with zero attached hydrogens (tertiary/aromatic N) is 1. The van der Waals surface area contributed by atoms with Crippen LogP contribution in [0.5, 0.6) is 0 Å². The van der Waals surface area contributed by atoms with Gasteiger partial charge >= 0.3 is 0 Å². The quantitative estimate of drug-likeness (QED) is 0.823. The number of sulfonamides is 1. The minimum absolute atomic E-state index is 0.150. The molecule has 0 aliphatic carbocycles. The lowest BCUT2D eigenvalue weighted by molar-refractivity contribution is -0.133. The van der Waals surface area contributed by atoms with Gasteiger partial charge < -0.3 is 4.90 Å². The summed E-state index contributed by atoms with van der Waals surface area (Å²) in [5.74, 6) is -0.340.